The molecular weight excluding hydrogens is 312 g/mol. The van der Waals surface area contributed by atoms with Gasteiger partial charge in [-0.15, -0.1) is 11.3 Å². The zero-order valence-electron chi connectivity index (χ0n) is 9.90. The van der Waals surface area contributed by atoms with Gasteiger partial charge in [0.2, 0.25) is 11.8 Å². The monoisotopic (exact) mass is 322 g/mol. The molecule has 19 heavy (non-hydrogen) atoms. The summed E-state index contributed by atoms with van der Waals surface area (Å²) >= 11 is 6.76. The van der Waals surface area contributed by atoms with E-state index >= 15 is 0 Å². The SMILES string of the molecule is Cc1cc(S(=O)(=O)NC2CCC(=O)NC2=O)sc1Cl. The van der Waals surface area contributed by atoms with Crippen LogP contribution < -0.4 is 10.0 Å². The molecule has 0 saturated carbocycles. The lowest BCUT2D eigenvalue weighted by Gasteiger charge is -2.21. The van der Waals surface area contributed by atoms with Crippen molar-refractivity contribution in [1.82, 2.24) is 10.0 Å². The molecule has 9 heteroatoms. The van der Waals surface area contributed by atoms with E-state index in [-0.39, 0.29) is 17.1 Å². The Bertz CT molecular complexity index is 618. The topological polar surface area (TPSA) is 92.3 Å². The molecule has 2 heterocycles. The third-order valence-electron chi connectivity index (χ3n) is 2.64. The number of hydrogen-bond donors (Lipinski definition) is 2. The summed E-state index contributed by atoms with van der Waals surface area (Å²) < 4.78 is 26.9. The lowest BCUT2D eigenvalue weighted by molar-refractivity contribution is -0.134. The normalized spacial score (nSPS) is 20.4. The molecule has 104 valence electrons. The molecular formula is C10H11ClN2O4S2. The predicted molar refractivity (Wildman–Crippen MR) is 70.6 cm³/mol. The van der Waals surface area contributed by atoms with Crippen LogP contribution in [0, 0.1) is 6.92 Å². The lowest BCUT2D eigenvalue weighted by Crippen LogP contribution is -2.52. The summed E-state index contributed by atoms with van der Waals surface area (Å²) in [6.07, 6.45) is 0.269. The minimum Gasteiger partial charge on any atom is -0.295 e. The Balaban J connectivity index is 2.18. The number of rotatable bonds is 3. The van der Waals surface area contributed by atoms with Crippen LogP contribution in [0.2, 0.25) is 4.34 Å². The molecule has 1 aliphatic rings. The Kier molecular flexibility index (Phi) is 3.95. The highest BCUT2D eigenvalue weighted by atomic mass is 35.5. The first kappa shape index (κ1) is 14.4. The predicted octanol–water partition coefficient (Wildman–Crippen LogP) is 0.793. The van der Waals surface area contributed by atoms with Gasteiger partial charge in [0.05, 0.1) is 4.34 Å². The highest BCUT2D eigenvalue weighted by Crippen LogP contribution is 2.30. The minimum atomic E-state index is -3.80. The van der Waals surface area contributed by atoms with Crippen LogP contribution in [0.4, 0.5) is 0 Å². The minimum absolute atomic E-state index is 0.0553. The second-order valence-electron chi connectivity index (χ2n) is 4.15. The molecule has 1 fully saturated rings. The fourth-order valence-electron chi connectivity index (χ4n) is 1.62. The first-order valence-corrected chi connectivity index (χ1v) is 8.09. The Morgan fingerprint density at radius 1 is 1.47 bits per heavy atom. The lowest BCUT2D eigenvalue weighted by atomic mass is 10.1. The van der Waals surface area contributed by atoms with Gasteiger partial charge in [-0.2, -0.15) is 4.72 Å². The van der Waals surface area contributed by atoms with Crippen molar-refractivity contribution >= 4 is 44.8 Å². The summed E-state index contributed by atoms with van der Waals surface area (Å²) in [5, 5.41) is 2.09. The third-order valence-corrected chi connectivity index (χ3v) is 6.14. The number of nitrogens with one attached hydrogen (secondary N) is 2. The van der Waals surface area contributed by atoms with Crippen LogP contribution >= 0.6 is 22.9 Å². The number of thiophene rings is 1. The molecule has 1 aromatic rings. The fraction of sp³-hybridized carbons (Fsp3) is 0.400. The fourth-order valence-corrected chi connectivity index (χ4v) is 4.57. The number of aryl methyl sites for hydroxylation is 1. The van der Waals surface area contributed by atoms with Crippen LogP contribution in [0.25, 0.3) is 0 Å². The molecule has 0 spiro atoms. The molecule has 0 radical (unpaired) electrons. The average Bonchev–Trinajstić information content (AvgIpc) is 2.64. The van der Waals surface area contributed by atoms with Gasteiger partial charge < -0.3 is 0 Å². The second-order valence-corrected chi connectivity index (χ2v) is 7.74. The molecule has 2 N–H and O–H groups in total. The van der Waals surface area contributed by atoms with Gasteiger partial charge in [0.15, 0.2) is 0 Å². The summed E-state index contributed by atoms with van der Waals surface area (Å²) in [6, 6.07) is 0.519. The molecule has 6 nitrogen and oxygen atoms in total. The Labute approximate surface area is 119 Å². The summed E-state index contributed by atoms with van der Waals surface area (Å²) in [6.45, 7) is 1.70. The van der Waals surface area contributed by atoms with E-state index in [0.29, 0.717) is 9.90 Å². The van der Waals surface area contributed by atoms with Crippen molar-refractivity contribution in [1.29, 1.82) is 0 Å². The van der Waals surface area contributed by atoms with E-state index in [1.54, 1.807) is 6.92 Å². The quantitative estimate of drug-likeness (QED) is 0.805. The van der Waals surface area contributed by atoms with Crippen molar-refractivity contribution in [3.05, 3.63) is 16.0 Å². The number of carbonyl (C=O) groups excluding carboxylic acids is 2. The number of hydrogen-bond acceptors (Lipinski definition) is 5. The molecule has 1 unspecified atom stereocenters. The number of sulfonamides is 1. The van der Waals surface area contributed by atoms with Gasteiger partial charge in [0.1, 0.15) is 10.3 Å². The molecule has 2 amide bonds. The van der Waals surface area contributed by atoms with Gasteiger partial charge in [-0.05, 0) is 25.0 Å². The summed E-state index contributed by atoms with van der Waals surface area (Å²) in [5.41, 5.74) is 0.662. The van der Waals surface area contributed by atoms with Crippen molar-refractivity contribution in [2.24, 2.45) is 0 Å². The van der Waals surface area contributed by atoms with Crippen LogP contribution in [0.1, 0.15) is 18.4 Å². The number of amides is 2. The van der Waals surface area contributed by atoms with Crippen molar-refractivity contribution in [2.75, 3.05) is 0 Å². The van der Waals surface area contributed by atoms with Crippen molar-refractivity contribution in [3.63, 3.8) is 0 Å². The molecule has 1 atom stereocenters. The zero-order valence-corrected chi connectivity index (χ0v) is 12.3. The van der Waals surface area contributed by atoms with Gasteiger partial charge in [0, 0.05) is 6.42 Å². The highest BCUT2D eigenvalue weighted by Gasteiger charge is 2.31. The molecule has 0 bridgehead atoms. The van der Waals surface area contributed by atoms with E-state index < -0.39 is 27.9 Å². The third kappa shape index (κ3) is 3.14. The van der Waals surface area contributed by atoms with Gasteiger partial charge >= 0.3 is 0 Å². The number of imide groups is 1. The van der Waals surface area contributed by atoms with E-state index in [1.807, 2.05) is 0 Å². The number of carbonyl (C=O) groups is 2. The number of halogens is 1. The maximum Gasteiger partial charge on any atom is 0.250 e. The van der Waals surface area contributed by atoms with Crippen LogP contribution in [0.15, 0.2) is 10.3 Å². The zero-order chi connectivity index (χ0) is 14.2. The van der Waals surface area contributed by atoms with Gasteiger partial charge in [-0.3, -0.25) is 14.9 Å². The summed E-state index contributed by atoms with van der Waals surface area (Å²) in [5.74, 6) is -1.02. The standard InChI is InChI=1S/C10H11ClN2O4S2/c1-5-4-8(18-9(5)11)19(16,17)13-6-2-3-7(14)12-10(6)15/h4,6,13H,2-3H2,1H3,(H,12,14,15). The van der Waals surface area contributed by atoms with Gasteiger partial charge in [0.25, 0.3) is 10.0 Å². The molecule has 1 aliphatic heterocycles. The van der Waals surface area contributed by atoms with E-state index in [2.05, 4.69) is 10.0 Å². The Hall–Kier alpha value is -0.960. The van der Waals surface area contributed by atoms with Crippen molar-refractivity contribution in [2.45, 2.75) is 30.0 Å². The second kappa shape index (κ2) is 5.20. The van der Waals surface area contributed by atoms with Crippen LogP contribution in [0.3, 0.4) is 0 Å². The molecule has 1 aromatic heterocycles. The summed E-state index contributed by atoms with van der Waals surface area (Å²) in [4.78, 5) is 22.5. The number of piperidine rings is 1. The maximum atomic E-state index is 12.1. The largest absolute Gasteiger partial charge is 0.295 e. The van der Waals surface area contributed by atoms with Gasteiger partial charge in [-0.25, -0.2) is 8.42 Å². The van der Waals surface area contributed by atoms with E-state index in [9.17, 15) is 18.0 Å². The summed E-state index contributed by atoms with van der Waals surface area (Å²) in [7, 11) is -3.80. The van der Waals surface area contributed by atoms with Crippen LogP contribution in [-0.4, -0.2) is 26.3 Å². The van der Waals surface area contributed by atoms with Crippen molar-refractivity contribution < 1.29 is 18.0 Å². The Morgan fingerprint density at radius 3 is 2.68 bits per heavy atom. The highest BCUT2D eigenvalue weighted by molar-refractivity contribution is 7.91. The first-order valence-electron chi connectivity index (χ1n) is 5.41. The Morgan fingerprint density at radius 2 is 2.16 bits per heavy atom. The maximum absolute atomic E-state index is 12.1. The van der Waals surface area contributed by atoms with Crippen molar-refractivity contribution in [3.8, 4) is 0 Å². The molecule has 0 aromatic carbocycles. The molecule has 1 saturated heterocycles. The first-order chi connectivity index (χ1) is 8.79. The van der Waals surface area contributed by atoms with E-state index in [0.717, 1.165) is 11.3 Å². The van der Waals surface area contributed by atoms with Crippen LogP contribution in [-0.2, 0) is 19.6 Å². The average molecular weight is 323 g/mol. The molecule has 0 aliphatic carbocycles. The van der Waals surface area contributed by atoms with E-state index in [1.165, 1.54) is 6.07 Å². The van der Waals surface area contributed by atoms with E-state index in [4.69, 9.17) is 11.6 Å². The van der Waals surface area contributed by atoms with Crippen LogP contribution in [0.5, 0.6) is 0 Å². The molecule has 2 rings (SSSR count). The van der Waals surface area contributed by atoms with Gasteiger partial charge in [-0.1, -0.05) is 11.6 Å². The smallest absolute Gasteiger partial charge is 0.250 e.